The third-order valence-corrected chi connectivity index (χ3v) is 8.05. The van der Waals surface area contributed by atoms with Crippen molar-refractivity contribution in [2.24, 2.45) is 0 Å². The van der Waals surface area contributed by atoms with E-state index in [4.69, 9.17) is 9.47 Å². The molecular weight excluding hydrogens is 572 g/mol. The van der Waals surface area contributed by atoms with Gasteiger partial charge < -0.3 is 24.9 Å². The molecule has 11 nitrogen and oxygen atoms in total. The molecule has 2 atom stereocenters. The van der Waals surface area contributed by atoms with Gasteiger partial charge in [0.05, 0.1) is 23.1 Å². The number of fused-ring (bicyclic) bond motifs is 2. The van der Waals surface area contributed by atoms with Crippen molar-refractivity contribution in [2.45, 2.75) is 18.3 Å². The molecule has 1 aromatic heterocycles. The topological polar surface area (TPSA) is 151 Å². The van der Waals surface area contributed by atoms with E-state index in [1.807, 2.05) is 37.3 Å². The number of hydrogen-bond acceptors (Lipinski definition) is 8. The number of rotatable bonds is 9. The number of carbonyl (C=O) groups is 3. The maximum Gasteiger partial charge on any atom is 0.352 e. The zero-order valence-corrected chi connectivity index (χ0v) is 23.9. The summed E-state index contributed by atoms with van der Waals surface area (Å²) < 4.78 is 11.2. The lowest BCUT2D eigenvalue weighted by atomic mass is 10.0. The van der Waals surface area contributed by atoms with Gasteiger partial charge in [-0.1, -0.05) is 42.5 Å². The van der Waals surface area contributed by atoms with E-state index < -0.39 is 23.3 Å². The van der Waals surface area contributed by atoms with E-state index in [0.29, 0.717) is 45.8 Å². The van der Waals surface area contributed by atoms with Crippen molar-refractivity contribution in [3.63, 3.8) is 0 Å². The van der Waals surface area contributed by atoms with Crippen molar-refractivity contribution < 1.29 is 29.0 Å². The van der Waals surface area contributed by atoms with E-state index in [1.54, 1.807) is 48.5 Å². The molecule has 0 saturated carbocycles. The number of hydrogen-bond donors (Lipinski definition) is 3. The third kappa shape index (κ3) is 6.24. The molecule has 1 saturated heterocycles. The minimum absolute atomic E-state index is 0.0776. The zero-order valence-electron chi connectivity index (χ0n) is 23.1. The molecule has 0 radical (unpaired) electrons. The fourth-order valence-corrected chi connectivity index (χ4v) is 6.08. The molecule has 3 N–H and O–H groups in total. The van der Waals surface area contributed by atoms with Gasteiger partial charge in [0.25, 0.3) is 11.5 Å². The molecule has 6 rings (SSSR count). The fraction of sp³-hybridized carbons (Fsp3) is 0.194. The molecule has 2 unspecified atom stereocenters. The number of ether oxygens (including phenoxy) is 2. The number of benzene rings is 3. The van der Waals surface area contributed by atoms with Crippen molar-refractivity contribution >= 4 is 41.0 Å². The van der Waals surface area contributed by atoms with Crippen LogP contribution in [-0.4, -0.2) is 68.6 Å². The number of aromatic amines is 1. The number of amides is 2. The summed E-state index contributed by atoms with van der Waals surface area (Å²) in [5, 5.41) is 12.2. The number of carboxylic acid groups (broad SMARTS) is 1. The maximum absolute atomic E-state index is 12.5. The molecule has 0 spiro atoms. The molecular formula is C31H28N4O7S. The van der Waals surface area contributed by atoms with Gasteiger partial charge in [-0.15, -0.1) is 11.8 Å². The SMILES string of the molecule is CCOc1ccccc1.O=CNC1C(=O)N2C(C(=O)O)=C(COc3ccccc3-c3nc4ccccc4c(=O)[nH]3)CSC12. The Labute approximate surface area is 250 Å². The van der Waals surface area contributed by atoms with Crippen LogP contribution in [0.15, 0.2) is 94.9 Å². The van der Waals surface area contributed by atoms with Crippen molar-refractivity contribution in [1.82, 2.24) is 20.2 Å². The number of para-hydroxylation sites is 3. The first kappa shape index (κ1) is 29.4. The van der Waals surface area contributed by atoms with Crippen LogP contribution in [-0.2, 0) is 14.4 Å². The first-order chi connectivity index (χ1) is 20.9. The van der Waals surface area contributed by atoms with Crippen LogP contribution in [0, 0.1) is 0 Å². The molecule has 1 fully saturated rings. The van der Waals surface area contributed by atoms with Crippen LogP contribution in [0.5, 0.6) is 11.5 Å². The van der Waals surface area contributed by atoms with Crippen LogP contribution in [0.2, 0.25) is 0 Å². The fourth-order valence-electron chi connectivity index (χ4n) is 4.74. The third-order valence-electron chi connectivity index (χ3n) is 6.71. The van der Waals surface area contributed by atoms with E-state index in [9.17, 15) is 24.3 Å². The van der Waals surface area contributed by atoms with Gasteiger partial charge in [-0.25, -0.2) is 9.78 Å². The Bertz CT molecular complexity index is 1740. The van der Waals surface area contributed by atoms with Crippen molar-refractivity contribution in [3.8, 4) is 22.9 Å². The van der Waals surface area contributed by atoms with Crippen LogP contribution < -0.4 is 20.3 Å². The number of H-pyrrole nitrogens is 1. The number of β-lactam (4-membered cyclic amide) rings is 1. The van der Waals surface area contributed by atoms with Gasteiger partial charge in [-0.3, -0.25) is 19.3 Å². The van der Waals surface area contributed by atoms with Crippen LogP contribution in [0.4, 0.5) is 0 Å². The molecule has 4 aromatic rings. The van der Waals surface area contributed by atoms with E-state index in [1.165, 1.54) is 16.7 Å². The van der Waals surface area contributed by atoms with E-state index in [-0.39, 0.29) is 17.9 Å². The normalized spacial score (nSPS) is 17.2. The summed E-state index contributed by atoms with van der Waals surface area (Å²) in [5.74, 6) is 0.278. The summed E-state index contributed by atoms with van der Waals surface area (Å²) in [6, 6.07) is 23.0. The Morgan fingerprint density at radius 2 is 1.79 bits per heavy atom. The van der Waals surface area contributed by atoms with E-state index in [0.717, 1.165) is 12.4 Å². The molecule has 220 valence electrons. The predicted molar refractivity (Wildman–Crippen MR) is 162 cm³/mol. The number of nitrogens with zero attached hydrogens (tertiary/aromatic N) is 2. The predicted octanol–water partition coefficient (Wildman–Crippen LogP) is 3.42. The first-order valence-electron chi connectivity index (χ1n) is 13.4. The summed E-state index contributed by atoms with van der Waals surface area (Å²) in [6.07, 6.45) is 0.436. The van der Waals surface area contributed by atoms with Crippen LogP contribution in [0.3, 0.4) is 0 Å². The Morgan fingerprint density at radius 3 is 2.53 bits per heavy atom. The van der Waals surface area contributed by atoms with Gasteiger partial charge in [-0.2, -0.15) is 0 Å². The summed E-state index contributed by atoms with van der Waals surface area (Å²) in [5.41, 5.74) is 1.10. The Morgan fingerprint density at radius 1 is 1.07 bits per heavy atom. The molecule has 43 heavy (non-hydrogen) atoms. The number of carbonyl (C=O) groups excluding carboxylic acids is 2. The molecule has 3 aromatic carbocycles. The first-order valence-corrected chi connectivity index (χ1v) is 14.5. The largest absolute Gasteiger partial charge is 0.494 e. The van der Waals surface area contributed by atoms with Crippen molar-refractivity contribution in [2.75, 3.05) is 19.0 Å². The quantitative estimate of drug-likeness (QED) is 0.194. The van der Waals surface area contributed by atoms with Gasteiger partial charge in [-0.05, 0) is 43.3 Å². The Kier molecular flexibility index (Phi) is 9.06. The van der Waals surface area contributed by atoms with Gasteiger partial charge in [0.2, 0.25) is 6.41 Å². The highest BCUT2D eigenvalue weighted by Gasteiger charge is 2.53. The monoisotopic (exact) mass is 600 g/mol. The molecule has 3 heterocycles. The zero-order chi connectivity index (χ0) is 30.3. The number of nitrogens with one attached hydrogen (secondary N) is 2. The van der Waals surface area contributed by atoms with Gasteiger partial charge in [0.1, 0.15) is 41.0 Å². The lowest BCUT2D eigenvalue weighted by Crippen LogP contribution is -2.69. The highest BCUT2D eigenvalue weighted by atomic mass is 32.2. The van der Waals surface area contributed by atoms with E-state index >= 15 is 0 Å². The molecule has 12 heteroatoms. The highest BCUT2D eigenvalue weighted by molar-refractivity contribution is 8.00. The molecule has 0 aliphatic carbocycles. The van der Waals surface area contributed by atoms with Gasteiger partial charge in [0.15, 0.2) is 0 Å². The minimum Gasteiger partial charge on any atom is -0.494 e. The molecule has 2 aliphatic heterocycles. The average Bonchev–Trinajstić information content (AvgIpc) is 3.03. The Hall–Kier alpha value is -5.10. The second-order valence-electron chi connectivity index (χ2n) is 9.39. The number of aromatic nitrogens is 2. The van der Waals surface area contributed by atoms with Crippen LogP contribution in [0.25, 0.3) is 22.3 Å². The average molecular weight is 601 g/mol. The second kappa shape index (κ2) is 13.3. The molecule has 2 aliphatic rings. The second-order valence-corrected chi connectivity index (χ2v) is 10.5. The van der Waals surface area contributed by atoms with Gasteiger partial charge in [0, 0.05) is 11.3 Å². The molecule has 0 bridgehead atoms. The lowest BCUT2D eigenvalue weighted by molar-refractivity contribution is -0.149. The summed E-state index contributed by atoms with van der Waals surface area (Å²) in [4.78, 5) is 56.1. The number of thioether (sulfide) groups is 1. The molecule has 2 amide bonds. The standard InChI is InChI=1S/C23H18N4O6S.C8H10O/c28-11-24-17-21(30)27-18(23(31)32)12(10-34-22(17)27)9-33-16-8-4-2-6-14(16)19-25-15-7-3-1-5-13(15)20(29)26-19;1-2-9-8-6-4-3-5-7-8/h1-8,11,17,22H,9-10H2,(H,24,28)(H,31,32)(H,25,26,29);3-7H,2H2,1H3. The van der Waals surface area contributed by atoms with Gasteiger partial charge >= 0.3 is 5.97 Å². The smallest absolute Gasteiger partial charge is 0.352 e. The van der Waals surface area contributed by atoms with Crippen LogP contribution >= 0.6 is 11.8 Å². The number of carboxylic acids is 1. The van der Waals surface area contributed by atoms with Crippen molar-refractivity contribution in [1.29, 1.82) is 0 Å². The summed E-state index contributed by atoms with van der Waals surface area (Å²) >= 11 is 1.36. The number of aliphatic carboxylic acids is 1. The van der Waals surface area contributed by atoms with E-state index in [2.05, 4.69) is 15.3 Å². The summed E-state index contributed by atoms with van der Waals surface area (Å²) in [6.45, 7) is 2.64. The Balaban J connectivity index is 0.000000351. The highest BCUT2D eigenvalue weighted by Crippen LogP contribution is 2.40. The minimum atomic E-state index is -1.24. The maximum atomic E-state index is 12.5. The van der Waals surface area contributed by atoms with Crippen molar-refractivity contribution in [3.05, 3.63) is 100 Å². The lowest BCUT2D eigenvalue weighted by Gasteiger charge is -2.49. The van der Waals surface area contributed by atoms with Crippen LogP contribution in [0.1, 0.15) is 6.92 Å². The summed E-state index contributed by atoms with van der Waals surface area (Å²) in [7, 11) is 0.